The number of hydrogen-bond donors (Lipinski definition) is 0. The number of amides is 1. The minimum atomic E-state index is 0.0798. The van der Waals surface area contributed by atoms with E-state index in [2.05, 4.69) is 6.07 Å². The van der Waals surface area contributed by atoms with Crippen LogP contribution in [-0.2, 0) is 11.3 Å². The van der Waals surface area contributed by atoms with Crippen LogP contribution < -0.4 is 4.74 Å². The third-order valence-corrected chi connectivity index (χ3v) is 5.56. The van der Waals surface area contributed by atoms with Crippen LogP contribution in [0.4, 0.5) is 0 Å². The van der Waals surface area contributed by atoms with Crippen molar-refractivity contribution in [3.63, 3.8) is 0 Å². The van der Waals surface area contributed by atoms with E-state index in [9.17, 15) is 4.79 Å². The van der Waals surface area contributed by atoms with Gasteiger partial charge in [0.1, 0.15) is 5.75 Å². The highest BCUT2D eigenvalue weighted by Crippen LogP contribution is 2.48. The standard InChI is InChI=1S/C21H20N2O2/c1-25-18-8-4-15(5-9-18)13-23-17-10-19(20(11-17)21(23)24)16-6-2-14(12-22)3-7-16/h2-9,17,19-20H,10-11,13H2,1H3/t17-,19+,20-/m0/s1. The molecule has 126 valence electrons. The molecule has 2 aromatic rings. The van der Waals surface area contributed by atoms with Crippen molar-refractivity contribution in [3.05, 3.63) is 65.2 Å². The van der Waals surface area contributed by atoms with Crippen LogP contribution in [0.3, 0.4) is 0 Å². The Labute approximate surface area is 147 Å². The van der Waals surface area contributed by atoms with Crippen molar-refractivity contribution in [1.29, 1.82) is 5.26 Å². The highest BCUT2D eigenvalue weighted by molar-refractivity contribution is 5.84. The number of methoxy groups -OCH3 is 1. The number of likely N-dealkylation sites (tertiary alicyclic amines) is 1. The maximum atomic E-state index is 12.9. The average Bonchev–Trinajstić information content (AvgIpc) is 3.22. The van der Waals surface area contributed by atoms with Crippen molar-refractivity contribution in [1.82, 2.24) is 4.90 Å². The molecular weight excluding hydrogens is 312 g/mol. The molecule has 1 saturated carbocycles. The molecule has 0 radical (unpaired) electrons. The van der Waals surface area contributed by atoms with E-state index in [0.717, 1.165) is 24.2 Å². The van der Waals surface area contributed by atoms with Crippen LogP contribution in [0.1, 0.15) is 35.4 Å². The summed E-state index contributed by atoms with van der Waals surface area (Å²) in [6.45, 7) is 0.671. The molecule has 0 aromatic heterocycles. The molecule has 0 unspecified atom stereocenters. The lowest BCUT2D eigenvalue weighted by Crippen LogP contribution is -2.39. The van der Waals surface area contributed by atoms with Gasteiger partial charge in [0.15, 0.2) is 0 Å². The van der Waals surface area contributed by atoms with Gasteiger partial charge in [0, 0.05) is 18.5 Å². The van der Waals surface area contributed by atoms with Crippen LogP contribution in [-0.4, -0.2) is 24.0 Å². The van der Waals surface area contributed by atoms with E-state index >= 15 is 0 Å². The predicted molar refractivity (Wildman–Crippen MR) is 94.0 cm³/mol. The number of hydrogen-bond acceptors (Lipinski definition) is 3. The van der Waals surface area contributed by atoms with Gasteiger partial charge in [-0.05, 0) is 54.2 Å². The SMILES string of the molecule is COc1ccc(CN2C(=O)[C@H]3C[C@@H]2C[C@@H]3c2ccc(C#N)cc2)cc1. The van der Waals surface area contributed by atoms with Crippen LogP contribution >= 0.6 is 0 Å². The zero-order valence-corrected chi connectivity index (χ0v) is 14.2. The van der Waals surface area contributed by atoms with Crippen molar-refractivity contribution in [2.45, 2.75) is 31.3 Å². The second-order valence-electron chi connectivity index (χ2n) is 6.89. The van der Waals surface area contributed by atoms with Crippen molar-refractivity contribution < 1.29 is 9.53 Å². The van der Waals surface area contributed by atoms with E-state index in [1.54, 1.807) is 7.11 Å². The second kappa shape index (κ2) is 6.25. The van der Waals surface area contributed by atoms with Crippen LogP contribution in [0.5, 0.6) is 5.75 Å². The van der Waals surface area contributed by atoms with Gasteiger partial charge < -0.3 is 9.64 Å². The Morgan fingerprint density at radius 3 is 2.36 bits per heavy atom. The third-order valence-electron chi connectivity index (χ3n) is 5.56. The molecule has 4 rings (SSSR count). The van der Waals surface area contributed by atoms with Gasteiger partial charge >= 0.3 is 0 Å². The predicted octanol–water partition coefficient (Wildman–Crippen LogP) is 3.47. The summed E-state index contributed by atoms with van der Waals surface area (Å²) in [6.07, 6.45) is 1.96. The first-order chi connectivity index (χ1) is 12.2. The molecule has 1 aliphatic carbocycles. The molecule has 2 bridgehead atoms. The van der Waals surface area contributed by atoms with E-state index in [1.165, 1.54) is 5.56 Å². The topological polar surface area (TPSA) is 53.3 Å². The highest BCUT2D eigenvalue weighted by Gasteiger charge is 2.50. The highest BCUT2D eigenvalue weighted by atomic mass is 16.5. The van der Waals surface area contributed by atoms with Crippen molar-refractivity contribution >= 4 is 5.91 Å². The molecule has 2 fully saturated rings. The summed E-state index contributed by atoms with van der Waals surface area (Å²) in [4.78, 5) is 14.9. The minimum Gasteiger partial charge on any atom is -0.497 e. The van der Waals surface area contributed by atoms with Crippen molar-refractivity contribution in [3.8, 4) is 11.8 Å². The van der Waals surface area contributed by atoms with Crippen LogP contribution in [0.2, 0.25) is 0 Å². The summed E-state index contributed by atoms with van der Waals surface area (Å²) >= 11 is 0. The number of nitrogens with zero attached hydrogens (tertiary/aromatic N) is 2. The lowest BCUT2D eigenvalue weighted by Gasteiger charge is -2.31. The van der Waals surface area contributed by atoms with E-state index in [-0.39, 0.29) is 17.7 Å². The zero-order valence-electron chi connectivity index (χ0n) is 14.2. The Morgan fingerprint density at radius 1 is 1.08 bits per heavy atom. The molecule has 1 saturated heterocycles. The molecule has 2 aromatic carbocycles. The number of ether oxygens (including phenoxy) is 1. The Balaban J connectivity index is 1.47. The van der Waals surface area contributed by atoms with Gasteiger partial charge in [0.2, 0.25) is 5.91 Å². The van der Waals surface area contributed by atoms with Gasteiger partial charge in [-0.3, -0.25) is 4.79 Å². The van der Waals surface area contributed by atoms with Gasteiger partial charge in [-0.1, -0.05) is 24.3 Å². The van der Waals surface area contributed by atoms with Gasteiger partial charge in [-0.15, -0.1) is 0 Å². The van der Waals surface area contributed by atoms with Crippen molar-refractivity contribution in [2.24, 2.45) is 5.92 Å². The molecule has 3 atom stereocenters. The molecule has 1 heterocycles. The number of carbonyl (C=O) groups is 1. The van der Waals surface area contributed by atoms with Crippen LogP contribution in [0, 0.1) is 17.2 Å². The molecule has 4 heteroatoms. The lowest BCUT2D eigenvalue weighted by atomic mass is 9.86. The summed E-state index contributed by atoms with van der Waals surface area (Å²) < 4.78 is 5.19. The fraction of sp³-hybridized carbons (Fsp3) is 0.333. The molecule has 2 aliphatic rings. The first-order valence-electron chi connectivity index (χ1n) is 8.63. The molecule has 25 heavy (non-hydrogen) atoms. The Morgan fingerprint density at radius 2 is 1.76 bits per heavy atom. The number of carbonyl (C=O) groups excluding carboxylic acids is 1. The molecule has 1 amide bonds. The first kappa shape index (κ1) is 15.7. The number of benzene rings is 2. The van der Waals surface area contributed by atoms with Crippen LogP contribution in [0.25, 0.3) is 0 Å². The van der Waals surface area contributed by atoms with E-state index in [1.807, 2.05) is 53.4 Å². The molecular formula is C21H20N2O2. The van der Waals surface area contributed by atoms with Gasteiger partial charge in [0.05, 0.1) is 18.7 Å². The largest absolute Gasteiger partial charge is 0.497 e. The quantitative estimate of drug-likeness (QED) is 0.861. The second-order valence-corrected chi connectivity index (χ2v) is 6.89. The Bertz CT molecular complexity index is 820. The number of nitriles is 1. The van der Waals surface area contributed by atoms with E-state index < -0.39 is 0 Å². The minimum absolute atomic E-state index is 0.0798. The Kier molecular flexibility index (Phi) is 3.93. The molecule has 0 N–H and O–H groups in total. The summed E-state index contributed by atoms with van der Waals surface area (Å²) in [5.41, 5.74) is 2.99. The lowest BCUT2D eigenvalue weighted by molar-refractivity contribution is -0.135. The summed E-state index contributed by atoms with van der Waals surface area (Å²) in [7, 11) is 1.65. The molecule has 1 aliphatic heterocycles. The third kappa shape index (κ3) is 2.76. The zero-order chi connectivity index (χ0) is 17.4. The van der Waals surface area contributed by atoms with E-state index in [4.69, 9.17) is 10.00 Å². The Hall–Kier alpha value is -2.80. The van der Waals surface area contributed by atoms with Gasteiger partial charge in [0.25, 0.3) is 0 Å². The number of fused-ring (bicyclic) bond motifs is 2. The maximum absolute atomic E-state index is 12.9. The number of rotatable bonds is 4. The summed E-state index contributed by atoms with van der Waals surface area (Å²) in [5, 5.41) is 8.93. The number of piperidine rings is 1. The van der Waals surface area contributed by atoms with E-state index in [0.29, 0.717) is 18.2 Å². The van der Waals surface area contributed by atoms with Crippen LogP contribution in [0.15, 0.2) is 48.5 Å². The summed E-state index contributed by atoms with van der Waals surface area (Å²) in [5.74, 6) is 1.47. The molecule has 0 spiro atoms. The average molecular weight is 332 g/mol. The fourth-order valence-electron chi connectivity index (χ4n) is 4.24. The normalized spacial score (nSPS) is 24.4. The first-order valence-corrected chi connectivity index (χ1v) is 8.63. The molecule has 4 nitrogen and oxygen atoms in total. The van der Waals surface area contributed by atoms with Crippen molar-refractivity contribution in [2.75, 3.05) is 7.11 Å². The fourth-order valence-corrected chi connectivity index (χ4v) is 4.24. The smallest absolute Gasteiger partial charge is 0.226 e. The summed E-state index contributed by atoms with van der Waals surface area (Å²) in [6, 6.07) is 18.1. The van der Waals surface area contributed by atoms with Gasteiger partial charge in [-0.2, -0.15) is 5.26 Å². The maximum Gasteiger partial charge on any atom is 0.226 e. The van der Waals surface area contributed by atoms with Gasteiger partial charge in [-0.25, -0.2) is 0 Å². The monoisotopic (exact) mass is 332 g/mol.